The molecule has 1 saturated heterocycles. The van der Waals surface area contributed by atoms with Gasteiger partial charge in [0.2, 0.25) is 5.91 Å². The summed E-state index contributed by atoms with van der Waals surface area (Å²) in [6.45, 7) is 0.279. The molecular weight excluding hydrogens is 498 g/mol. The number of amides is 2. The zero-order chi connectivity index (χ0) is 26.5. The van der Waals surface area contributed by atoms with E-state index in [1.165, 1.54) is 30.9 Å². The number of benzene rings is 2. The fourth-order valence-corrected chi connectivity index (χ4v) is 3.64. The van der Waals surface area contributed by atoms with Crippen molar-refractivity contribution in [3.05, 3.63) is 78.1 Å². The van der Waals surface area contributed by atoms with Gasteiger partial charge in [0, 0.05) is 25.3 Å². The van der Waals surface area contributed by atoms with Gasteiger partial charge in [-0.2, -0.15) is 13.2 Å². The minimum Gasteiger partial charge on any atom is -0.407 e. The molecule has 13 heteroatoms. The molecule has 1 aliphatic heterocycles. The second-order valence-corrected chi connectivity index (χ2v) is 8.17. The number of carbonyl (C=O) groups excluding carboxylic acids is 2. The maximum atomic E-state index is 13.3. The van der Waals surface area contributed by atoms with Crippen LogP contribution in [-0.4, -0.2) is 40.7 Å². The van der Waals surface area contributed by atoms with Crippen LogP contribution in [0.3, 0.4) is 0 Å². The highest BCUT2D eigenvalue weighted by Crippen LogP contribution is 2.36. The van der Waals surface area contributed by atoms with Crippen molar-refractivity contribution in [2.75, 3.05) is 18.5 Å². The Bertz CT molecular complexity index is 1250. The molecule has 1 aliphatic rings. The molecule has 1 aromatic heterocycles. The molecule has 3 aromatic rings. The van der Waals surface area contributed by atoms with Gasteiger partial charge in [0.1, 0.15) is 17.7 Å². The number of ether oxygens (including phenoxy) is 2. The lowest BCUT2D eigenvalue weighted by Crippen LogP contribution is -2.59. The monoisotopic (exact) mass is 519 g/mol. The fraction of sp³-hybridized carbons (Fsp3) is 0.250. The standard InChI is InChI=1S/C24H21F4N5O4/c25-16-3-6-20(19(9-16)24(26,27)28)32-17-4-1-15(2-5-17)10-31-21(34)23(7-8-36-13-23)33-22(35)37-18-11-29-14-30-12-18/h1-6,9,11-12,14,32H,7-8,10,13H2,(H,31,34)(H,33,35)/t23-/m0/s1. The van der Waals surface area contributed by atoms with E-state index in [0.717, 1.165) is 12.1 Å². The minimum absolute atomic E-state index is 0.0543. The Morgan fingerprint density at radius 1 is 1.08 bits per heavy atom. The average Bonchev–Trinajstić information content (AvgIpc) is 3.34. The molecule has 0 aliphatic carbocycles. The first-order valence-electron chi connectivity index (χ1n) is 11.0. The van der Waals surface area contributed by atoms with Crippen molar-refractivity contribution in [3.8, 4) is 5.75 Å². The lowest BCUT2D eigenvalue weighted by atomic mass is 9.97. The number of nitrogens with zero attached hydrogens (tertiary/aromatic N) is 2. The van der Waals surface area contributed by atoms with Crippen LogP contribution in [0.15, 0.2) is 61.2 Å². The zero-order valence-corrected chi connectivity index (χ0v) is 19.1. The summed E-state index contributed by atoms with van der Waals surface area (Å²) in [5.41, 5.74) is -1.78. The van der Waals surface area contributed by atoms with Crippen molar-refractivity contribution in [2.45, 2.75) is 24.7 Å². The summed E-state index contributed by atoms with van der Waals surface area (Å²) in [5.74, 6) is -1.38. The number of halogens is 4. The molecule has 0 saturated carbocycles. The molecule has 1 atom stereocenters. The Morgan fingerprint density at radius 2 is 1.81 bits per heavy atom. The third-order valence-corrected chi connectivity index (χ3v) is 5.52. The Hall–Kier alpha value is -4.26. The molecular formula is C24H21F4N5O4. The first-order valence-corrected chi connectivity index (χ1v) is 11.0. The summed E-state index contributed by atoms with van der Waals surface area (Å²) in [4.78, 5) is 32.8. The van der Waals surface area contributed by atoms with Crippen LogP contribution in [0.5, 0.6) is 5.75 Å². The van der Waals surface area contributed by atoms with Gasteiger partial charge in [-0.1, -0.05) is 12.1 Å². The summed E-state index contributed by atoms with van der Waals surface area (Å²) in [6, 6.07) is 8.63. The van der Waals surface area contributed by atoms with Gasteiger partial charge in [-0.05, 0) is 35.9 Å². The highest BCUT2D eigenvalue weighted by Gasteiger charge is 2.44. The van der Waals surface area contributed by atoms with Crippen molar-refractivity contribution >= 4 is 23.4 Å². The van der Waals surface area contributed by atoms with E-state index >= 15 is 0 Å². The fourth-order valence-electron chi connectivity index (χ4n) is 3.64. The van der Waals surface area contributed by atoms with Crippen LogP contribution in [0.4, 0.5) is 33.7 Å². The van der Waals surface area contributed by atoms with E-state index in [-0.39, 0.29) is 37.6 Å². The van der Waals surface area contributed by atoms with Crippen LogP contribution in [0.2, 0.25) is 0 Å². The topological polar surface area (TPSA) is 114 Å². The molecule has 9 nitrogen and oxygen atoms in total. The number of alkyl halides is 3. The van der Waals surface area contributed by atoms with E-state index in [9.17, 15) is 27.2 Å². The maximum Gasteiger partial charge on any atom is 0.418 e. The largest absolute Gasteiger partial charge is 0.418 e. The van der Waals surface area contributed by atoms with E-state index in [1.54, 1.807) is 12.1 Å². The van der Waals surface area contributed by atoms with Gasteiger partial charge >= 0.3 is 12.3 Å². The molecule has 2 heterocycles. The van der Waals surface area contributed by atoms with Gasteiger partial charge in [-0.25, -0.2) is 19.2 Å². The molecule has 1 fully saturated rings. The second kappa shape index (κ2) is 10.8. The second-order valence-electron chi connectivity index (χ2n) is 8.17. The summed E-state index contributed by atoms with van der Waals surface area (Å²) in [5, 5.41) is 7.91. The van der Waals surface area contributed by atoms with E-state index < -0.39 is 35.1 Å². The highest BCUT2D eigenvalue weighted by atomic mass is 19.4. The molecule has 0 spiro atoms. The number of aromatic nitrogens is 2. The first-order chi connectivity index (χ1) is 17.6. The molecule has 2 aromatic carbocycles. The quantitative estimate of drug-likeness (QED) is 0.405. The Labute approximate surface area is 208 Å². The Balaban J connectivity index is 1.37. The van der Waals surface area contributed by atoms with Crippen LogP contribution in [0.1, 0.15) is 17.5 Å². The van der Waals surface area contributed by atoms with Crippen LogP contribution < -0.4 is 20.7 Å². The third-order valence-electron chi connectivity index (χ3n) is 5.52. The number of nitrogens with one attached hydrogen (secondary N) is 3. The van der Waals surface area contributed by atoms with Crippen LogP contribution >= 0.6 is 0 Å². The van der Waals surface area contributed by atoms with Crippen molar-refractivity contribution < 1.29 is 36.6 Å². The van der Waals surface area contributed by atoms with Crippen LogP contribution in [-0.2, 0) is 22.3 Å². The number of hydrogen-bond acceptors (Lipinski definition) is 7. The molecule has 0 radical (unpaired) electrons. The van der Waals surface area contributed by atoms with Crippen molar-refractivity contribution in [3.63, 3.8) is 0 Å². The molecule has 2 amide bonds. The van der Waals surface area contributed by atoms with Crippen molar-refractivity contribution in [2.24, 2.45) is 0 Å². The zero-order valence-electron chi connectivity index (χ0n) is 19.1. The van der Waals surface area contributed by atoms with E-state index in [4.69, 9.17) is 9.47 Å². The molecule has 4 rings (SSSR count). The summed E-state index contributed by atoms with van der Waals surface area (Å²) >= 11 is 0. The molecule has 194 valence electrons. The smallest absolute Gasteiger partial charge is 0.407 e. The Morgan fingerprint density at radius 3 is 2.46 bits per heavy atom. The summed E-state index contributed by atoms with van der Waals surface area (Å²) in [6.07, 6.45) is -1.52. The first kappa shape index (κ1) is 25.8. The minimum atomic E-state index is -4.73. The van der Waals surface area contributed by atoms with Crippen molar-refractivity contribution in [1.29, 1.82) is 0 Å². The number of carbonyl (C=O) groups is 2. The van der Waals surface area contributed by atoms with Gasteiger partial charge < -0.3 is 25.4 Å². The van der Waals surface area contributed by atoms with E-state index in [0.29, 0.717) is 17.3 Å². The molecule has 0 bridgehead atoms. The van der Waals surface area contributed by atoms with Gasteiger partial charge in [0.25, 0.3) is 0 Å². The van der Waals surface area contributed by atoms with Gasteiger partial charge in [0.05, 0.1) is 30.3 Å². The maximum absolute atomic E-state index is 13.3. The number of anilines is 2. The predicted octanol–water partition coefficient (Wildman–Crippen LogP) is 3.94. The average molecular weight is 519 g/mol. The van der Waals surface area contributed by atoms with Gasteiger partial charge in [-0.3, -0.25) is 4.79 Å². The number of hydrogen-bond donors (Lipinski definition) is 3. The van der Waals surface area contributed by atoms with Crippen LogP contribution in [0.25, 0.3) is 0 Å². The predicted molar refractivity (Wildman–Crippen MR) is 122 cm³/mol. The summed E-state index contributed by atoms with van der Waals surface area (Å²) in [7, 11) is 0. The number of rotatable bonds is 7. The molecule has 37 heavy (non-hydrogen) atoms. The highest BCUT2D eigenvalue weighted by molar-refractivity contribution is 5.90. The molecule has 0 unspecified atom stereocenters. The van der Waals surface area contributed by atoms with E-state index in [2.05, 4.69) is 25.9 Å². The van der Waals surface area contributed by atoms with Gasteiger partial charge in [0.15, 0.2) is 5.75 Å². The van der Waals surface area contributed by atoms with Crippen molar-refractivity contribution in [1.82, 2.24) is 20.6 Å². The lowest BCUT2D eigenvalue weighted by Gasteiger charge is -2.27. The molecule has 3 N–H and O–H groups in total. The SMILES string of the molecule is O=C(N[C@@]1(C(=O)NCc2ccc(Nc3ccc(F)cc3C(F)(F)F)cc2)CCOC1)Oc1cncnc1. The van der Waals surface area contributed by atoms with E-state index in [1.807, 2.05) is 0 Å². The van der Waals surface area contributed by atoms with Crippen LogP contribution in [0, 0.1) is 5.82 Å². The Kier molecular flexibility index (Phi) is 7.53. The van der Waals surface area contributed by atoms with Gasteiger partial charge in [-0.15, -0.1) is 0 Å². The third kappa shape index (κ3) is 6.50. The lowest BCUT2D eigenvalue weighted by molar-refractivity contribution is -0.137. The normalized spacial score (nSPS) is 17.2. The summed E-state index contributed by atoms with van der Waals surface area (Å²) < 4.78 is 63.4.